The van der Waals surface area contributed by atoms with Gasteiger partial charge in [-0.15, -0.1) is 0 Å². The number of carbonyl (C=O) groups is 3. The molecule has 226 valence electrons. The summed E-state index contributed by atoms with van der Waals surface area (Å²) in [6, 6.07) is 26.9. The number of fused-ring (bicyclic) bond motifs is 1. The van der Waals surface area contributed by atoms with E-state index in [2.05, 4.69) is 29.6 Å². The van der Waals surface area contributed by atoms with Gasteiger partial charge in [-0.25, -0.2) is 14.8 Å². The second-order valence-electron chi connectivity index (χ2n) is 11.4. The zero-order chi connectivity index (χ0) is 30.5. The number of hydrazine groups is 1. The maximum atomic E-state index is 14.2. The number of carbonyl (C=O) groups excluding carboxylic acids is 3. The van der Waals surface area contributed by atoms with Gasteiger partial charge in [0.15, 0.2) is 0 Å². The van der Waals surface area contributed by atoms with Crippen LogP contribution >= 0.6 is 0 Å². The molecule has 2 aliphatic heterocycles. The molecule has 0 bridgehead atoms. The van der Waals surface area contributed by atoms with Crippen molar-refractivity contribution in [1.82, 2.24) is 25.1 Å². The number of likely N-dealkylation sites (N-methyl/N-ethyl adjacent to an activating group) is 1. The van der Waals surface area contributed by atoms with Crippen LogP contribution in [0.15, 0.2) is 84.9 Å². The van der Waals surface area contributed by atoms with Crippen LogP contribution in [0.5, 0.6) is 5.75 Å². The summed E-state index contributed by atoms with van der Waals surface area (Å²) in [4.78, 5) is 45.1. The van der Waals surface area contributed by atoms with Gasteiger partial charge in [-0.3, -0.25) is 9.59 Å². The van der Waals surface area contributed by atoms with Crippen LogP contribution < -0.4 is 10.1 Å². The van der Waals surface area contributed by atoms with Crippen molar-refractivity contribution in [3.63, 3.8) is 0 Å². The number of piperazine rings is 1. The first-order valence-corrected chi connectivity index (χ1v) is 14.9. The molecule has 3 atom stereocenters. The molecule has 3 unspecified atom stereocenters. The molecule has 0 radical (unpaired) electrons. The summed E-state index contributed by atoms with van der Waals surface area (Å²) in [5.41, 5.74) is 3.14. The monoisotopic (exact) mass is 583 g/mol. The number of amides is 4. The van der Waals surface area contributed by atoms with E-state index in [0.717, 1.165) is 28.9 Å². The molecule has 1 N–H and O–H groups in total. The van der Waals surface area contributed by atoms with Gasteiger partial charge in [0.1, 0.15) is 18.0 Å². The van der Waals surface area contributed by atoms with Gasteiger partial charge in [0.2, 0.25) is 11.8 Å². The first-order chi connectivity index (χ1) is 20.8. The molecule has 0 aliphatic carbocycles. The third-order valence-electron chi connectivity index (χ3n) is 8.67. The summed E-state index contributed by atoms with van der Waals surface area (Å²) < 4.78 is 5.24. The average molecular weight is 584 g/mol. The van der Waals surface area contributed by atoms with E-state index in [-0.39, 0.29) is 42.8 Å². The zero-order valence-corrected chi connectivity index (χ0v) is 25.3. The van der Waals surface area contributed by atoms with Crippen LogP contribution in [0.3, 0.4) is 0 Å². The highest BCUT2D eigenvalue weighted by Crippen LogP contribution is 2.33. The van der Waals surface area contributed by atoms with Gasteiger partial charge in [-0.2, -0.15) is 0 Å². The van der Waals surface area contributed by atoms with E-state index in [0.29, 0.717) is 13.1 Å². The molecule has 2 aliphatic rings. The van der Waals surface area contributed by atoms with E-state index in [4.69, 9.17) is 4.74 Å². The second kappa shape index (κ2) is 13.3. The van der Waals surface area contributed by atoms with Crippen LogP contribution in [0, 0.1) is 5.92 Å². The van der Waals surface area contributed by atoms with Gasteiger partial charge < -0.3 is 19.9 Å². The molecule has 3 aromatic carbocycles. The second-order valence-corrected chi connectivity index (χ2v) is 11.4. The van der Waals surface area contributed by atoms with E-state index in [9.17, 15) is 14.4 Å². The van der Waals surface area contributed by atoms with E-state index in [1.54, 1.807) is 29.1 Å². The van der Waals surface area contributed by atoms with Crippen molar-refractivity contribution in [3.8, 4) is 5.75 Å². The third-order valence-corrected chi connectivity index (χ3v) is 8.67. The fourth-order valence-electron chi connectivity index (χ4n) is 6.16. The van der Waals surface area contributed by atoms with E-state index in [1.165, 1.54) is 0 Å². The lowest BCUT2D eigenvalue weighted by Crippen LogP contribution is -2.76. The van der Waals surface area contributed by atoms with Gasteiger partial charge in [-0.05, 0) is 34.7 Å². The number of hydrogen-bond donors (Lipinski definition) is 1. The minimum Gasteiger partial charge on any atom is -0.497 e. The first kappa shape index (κ1) is 30.1. The Morgan fingerprint density at radius 2 is 1.56 bits per heavy atom. The fourth-order valence-corrected chi connectivity index (χ4v) is 6.16. The molecule has 9 heteroatoms. The number of rotatable bonds is 9. The maximum absolute atomic E-state index is 14.2. The van der Waals surface area contributed by atoms with E-state index in [1.807, 2.05) is 79.4 Å². The average Bonchev–Trinajstić information content (AvgIpc) is 3.03. The van der Waals surface area contributed by atoms with Gasteiger partial charge in [0, 0.05) is 26.1 Å². The van der Waals surface area contributed by atoms with Gasteiger partial charge in [-0.1, -0.05) is 93.1 Å². The first-order valence-electron chi connectivity index (χ1n) is 14.9. The molecule has 0 saturated carbocycles. The van der Waals surface area contributed by atoms with Crippen LogP contribution in [-0.4, -0.2) is 83.7 Å². The molecule has 2 saturated heterocycles. The van der Waals surface area contributed by atoms with Gasteiger partial charge in [0.05, 0.1) is 20.2 Å². The quantitative estimate of drug-likeness (QED) is 0.406. The van der Waals surface area contributed by atoms with Crippen LogP contribution in [0.2, 0.25) is 0 Å². The Morgan fingerprint density at radius 3 is 2.12 bits per heavy atom. The largest absolute Gasteiger partial charge is 0.497 e. The summed E-state index contributed by atoms with van der Waals surface area (Å²) in [6.45, 7) is 5.02. The van der Waals surface area contributed by atoms with E-state index >= 15 is 0 Å². The van der Waals surface area contributed by atoms with Crippen LogP contribution in [0.1, 0.15) is 42.9 Å². The molecule has 3 aromatic rings. The minimum absolute atomic E-state index is 0.0172. The van der Waals surface area contributed by atoms with Crippen molar-refractivity contribution in [2.75, 3.05) is 33.8 Å². The Hall–Kier alpha value is -4.37. The molecule has 2 fully saturated rings. The molecular formula is C34H41N5O4. The number of benzene rings is 3. The van der Waals surface area contributed by atoms with E-state index < -0.39 is 12.2 Å². The SMILES string of the molecule is CCC(C)C1C(=O)N(CC(c2ccccc2)c2ccccc2)CC2N1C(=O)CN(C)N2C(=O)NCc1ccc(OC)cc1. The van der Waals surface area contributed by atoms with Crippen LogP contribution in [0.25, 0.3) is 0 Å². The highest BCUT2D eigenvalue weighted by molar-refractivity contribution is 5.91. The summed E-state index contributed by atoms with van der Waals surface area (Å²) >= 11 is 0. The predicted molar refractivity (Wildman–Crippen MR) is 165 cm³/mol. The highest BCUT2D eigenvalue weighted by Gasteiger charge is 2.52. The topological polar surface area (TPSA) is 85.4 Å². The summed E-state index contributed by atoms with van der Waals surface area (Å²) in [7, 11) is 3.36. The molecule has 2 heterocycles. The zero-order valence-electron chi connectivity index (χ0n) is 25.3. The van der Waals surface area contributed by atoms with Crippen LogP contribution in [0.4, 0.5) is 4.79 Å². The lowest BCUT2D eigenvalue weighted by molar-refractivity contribution is -0.190. The summed E-state index contributed by atoms with van der Waals surface area (Å²) in [5, 5.41) is 6.30. The van der Waals surface area contributed by atoms with Crippen LogP contribution in [-0.2, 0) is 16.1 Å². The van der Waals surface area contributed by atoms with Crippen molar-refractivity contribution in [3.05, 3.63) is 102 Å². The Morgan fingerprint density at radius 1 is 0.953 bits per heavy atom. The van der Waals surface area contributed by atoms with Gasteiger partial charge in [0.25, 0.3) is 0 Å². The number of ether oxygens (including phenoxy) is 1. The lowest BCUT2D eigenvalue weighted by atomic mass is 9.88. The van der Waals surface area contributed by atoms with Crippen molar-refractivity contribution in [1.29, 1.82) is 0 Å². The molecular weight excluding hydrogens is 542 g/mol. The minimum atomic E-state index is -0.658. The number of nitrogens with one attached hydrogen (secondary N) is 1. The Balaban J connectivity index is 1.45. The molecule has 4 amide bonds. The third kappa shape index (κ3) is 6.37. The molecule has 43 heavy (non-hydrogen) atoms. The van der Waals surface area contributed by atoms with Crippen molar-refractivity contribution < 1.29 is 19.1 Å². The number of urea groups is 1. The maximum Gasteiger partial charge on any atom is 0.334 e. The normalized spacial score (nSPS) is 19.8. The molecule has 5 rings (SSSR count). The Bertz CT molecular complexity index is 1360. The van der Waals surface area contributed by atoms with Gasteiger partial charge >= 0.3 is 6.03 Å². The summed E-state index contributed by atoms with van der Waals surface area (Å²) in [5.74, 6) is 0.380. The smallest absolute Gasteiger partial charge is 0.334 e. The van der Waals surface area contributed by atoms with Crippen molar-refractivity contribution in [2.24, 2.45) is 5.92 Å². The van der Waals surface area contributed by atoms with Crippen molar-refractivity contribution >= 4 is 17.8 Å². The van der Waals surface area contributed by atoms with Crippen molar-refractivity contribution in [2.45, 2.75) is 44.9 Å². The number of methoxy groups -OCH3 is 1. The standard InChI is InChI=1S/C34H41N5O4/c1-5-24(2)32-33(41)37(21-29(26-12-8-6-9-13-26)27-14-10-7-11-15-27)22-30-38(32)31(40)23-36(3)39(30)34(42)35-20-25-16-18-28(43-4)19-17-25/h6-19,24,29-30,32H,5,20-23H2,1-4H3,(H,35,42). The molecule has 0 spiro atoms. The fraction of sp³-hybridized carbons (Fsp3) is 0.382. The number of nitrogens with zero attached hydrogens (tertiary/aromatic N) is 4. The lowest BCUT2D eigenvalue weighted by Gasteiger charge is -2.55. The number of hydrogen-bond acceptors (Lipinski definition) is 5. The molecule has 9 nitrogen and oxygen atoms in total. The predicted octanol–water partition coefficient (Wildman–Crippen LogP) is 4.31. The Kier molecular flexibility index (Phi) is 9.31. The Labute approximate surface area is 254 Å². The highest BCUT2D eigenvalue weighted by atomic mass is 16.5. The summed E-state index contributed by atoms with van der Waals surface area (Å²) in [6.07, 6.45) is 0.0899. The molecule has 0 aromatic heterocycles.